The second kappa shape index (κ2) is 8.39. The second-order valence-electron chi connectivity index (χ2n) is 6.12. The molecule has 0 saturated carbocycles. The van der Waals surface area contributed by atoms with E-state index in [2.05, 4.69) is 20.6 Å². The molecule has 0 fully saturated rings. The van der Waals surface area contributed by atoms with Crippen LogP contribution in [0.5, 0.6) is 5.75 Å². The molecule has 4 rings (SSSR count). The van der Waals surface area contributed by atoms with Crippen LogP contribution in [0.15, 0.2) is 71.6 Å². The van der Waals surface area contributed by atoms with Gasteiger partial charge in [-0.05, 0) is 55.5 Å². The normalized spacial score (nSPS) is 10.7. The molecule has 1 aromatic carbocycles. The highest BCUT2D eigenvalue weighted by Crippen LogP contribution is 2.26. The number of amides is 1. The molecule has 8 nitrogen and oxygen atoms in total. The fourth-order valence-corrected chi connectivity index (χ4v) is 2.90. The van der Waals surface area contributed by atoms with Gasteiger partial charge in [0.2, 0.25) is 0 Å². The molecule has 0 bridgehead atoms. The standard InChI is InChI=1S/C21H19N5O3/c1-2-28-17-7-5-16(6-8-17)26-20(15-9-11-22-12-10-15)19(24-25-26)21(27)23-14-18-4-3-13-29-18/h3-13H,2,14H2,1H3,(H,23,27). The Hall–Kier alpha value is -3.94. The monoisotopic (exact) mass is 389 g/mol. The number of benzene rings is 1. The molecule has 0 aliphatic carbocycles. The zero-order chi connectivity index (χ0) is 20.1. The summed E-state index contributed by atoms with van der Waals surface area (Å²) in [4.78, 5) is 16.9. The van der Waals surface area contributed by atoms with Crippen LogP contribution >= 0.6 is 0 Å². The Labute approximate surface area is 167 Å². The number of carbonyl (C=O) groups is 1. The molecule has 29 heavy (non-hydrogen) atoms. The lowest BCUT2D eigenvalue weighted by molar-refractivity contribution is 0.0943. The lowest BCUT2D eigenvalue weighted by Gasteiger charge is -2.09. The summed E-state index contributed by atoms with van der Waals surface area (Å²) in [6.45, 7) is 2.78. The number of pyridine rings is 1. The van der Waals surface area contributed by atoms with E-state index in [-0.39, 0.29) is 18.1 Å². The molecule has 0 spiro atoms. The summed E-state index contributed by atoms with van der Waals surface area (Å²) >= 11 is 0. The van der Waals surface area contributed by atoms with E-state index < -0.39 is 0 Å². The molecule has 0 radical (unpaired) electrons. The first-order chi connectivity index (χ1) is 14.3. The van der Waals surface area contributed by atoms with Crippen LogP contribution < -0.4 is 10.1 Å². The Balaban J connectivity index is 1.69. The van der Waals surface area contributed by atoms with Crippen LogP contribution in [0.25, 0.3) is 16.9 Å². The number of furan rings is 1. The molecule has 3 aromatic heterocycles. The Kier molecular flexibility index (Phi) is 5.33. The number of aromatic nitrogens is 4. The van der Waals surface area contributed by atoms with E-state index in [0.717, 1.165) is 17.0 Å². The van der Waals surface area contributed by atoms with Crippen LogP contribution in [0.3, 0.4) is 0 Å². The van der Waals surface area contributed by atoms with Gasteiger partial charge in [0, 0.05) is 18.0 Å². The van der Waals surface area contributed by atoms with Crippen molar-refractivity contribution in [3.63, 3.8) is 0 Å². The van der Waals surface area contributed by atoms with E-state index in [9.17, 15) is 4.79 Å². The van der Waals surface area contributed by atoms with Gasteiger partial charge >= 0.3 is 0 Å². The Bertz CT molecular complexity index is 1070. The second-order valence-corrected chi connectivity index (χ2v) is 6.12. The maximum absolute atomic E-state index is 12.8. The van der Waals surface area contributed by atoms with Crippen LogP contribution in [0.1, 0.15) is 23.2 Å². The van der Waals surface area contributed by atoms with Gasteiger partial charge < -0.3 is 14.5 Å². The van der Waals surface area contributed by atoms with Gasteiger partial charge in [-0.3, -0.25) is 9.78 Å². The highest BCUT2D eigenvalue weighted by Gasteiger charge is 2.22. The summed E-state index contributed by atoms with van der Waals surface area (Å²) in [6.07, 6.45) is 4.89. The van der Waals surface area contributed by atoms with Crippen molar-refractivity contribution in [2.75, 3.05) is 6.61 Å². The highest BCUT2D eigenvalue weighted by molar-refractivity contribution is 5.98. The largest absolute Gasteiger partial charge is 0.494 e. The summed E-state index contributed by atoms with van der Waals surface area (Å²) in [7, 11) is 0. The average molecular weight is 389 g/mol. The van der Waals surface area contributed by atoms with Crippen molar-refractivity contribution in [1.29, 1.82) is 0 Å². The van der Waals surface area contributed by atoms with Crippen molar-refractivity contribution in [3.05, 3.63) is 78.6 Å². The third-order valence-corrected chi connectivity index (χ3v) is 4.23. The first kappa shape index (κ1) is 18.4. The van der Waals surface area contributed by atoms with Crippen molar-refractivity contribution in [1.82, 2.24) is 25.3 Å². The number of carbonyl (C=O) groups excluding carboxylic acids is 1. The number of hydrogen-bond donors (Lipinski definition) is 1. The molecular weight excluding hydrogens is 370 g/mol. The van der Waals surface area contributed by atoms with E-state index in [1.54, 1.807) is 35.5 Å². The lowest BCUT2D eigenvalue weighted by atomic mass is 10.1. The summed E-state index contributed by atoms with van der Waals surface area (Å²) in [5, 5.41) is 11.2. The van der Waals surface area contributed by atoms with Gasteiger partial charge in [0.25, 0.3) is 5.91 Å². The Morgan fingerprint density at radius 2 is 1.93 bits per heavy atom. The molecule has 3 heterocycles. The zero-order valence-corrected chi connectivity index (χ0v) is 15.8. The fraction of sp³-hybridized carbons (Fsp3) is 0.143. The van der Waals surface area contributed by atoms with E-state index in [1.807, 2.05) is 43.3 Å². The smallest absolute Gasteiger partial charge is 0.274 e. The minimum Gasteiger partial charge on any atom is -0.494 e. The molecular formula is C21H19N5O3. The van der Waals surface area contributed by atoms with Gasteiger partial charge in [-0.2, -0.15) is 0 Å². The summed E-state index contributed by atoms with van der Waals surface area (Å²) in [5.74, 6) is 1.08. The third kappa shape index (κ3) is 4.01. The van der Waals surface area contributed by atoms with Gasteiger partial charge in [0.1, 0.15) is 17.2 Å². The molecule has 0 saturated heterocycles. The van der Waals surface area contributed by atoms with Crippen molar-refractivity contribution >= 4 is 5.91 Å². The van der Waals surface area contributed by atoms with E-state index in [0.29, 0.717) is 18.1 Å². The van der Waals surface area contributed by atoms with Crippen molar-refractivity contribution in [2.45, 2.75) is 13.5 Å². The molecule has 8 heteroatoms. The number of nitrogens with zero attached hydrogens (tertiary/aromatic N) is 4. The zero-order valence-electron chi connectivity index (χ0n) is 15.8. The first-order valence-corrected chi connectivity index (χ1v) is 9.16. The third-order valence-electron chi connectivity index (χ3n) is 4.23. The van der Waals surface area contributed by atoms with E-state index >= 15 is 0 Å². The molecule has 0 atom stereocenters. The fourth-order valence-electron chi connectivity index (χ4n) is 2.90. The minimum atomic E-state index is -0.342. The van der Waals surface area contributed by atoms with Crippen molar-refractivity contribution in [3.8, 4) is 22.7 Å². The molecule has 4 aromatic rings. The predicted molar refractivity (Wildman–Crippen MR) is 106 cm³/mol. The van der Waals surface area contributed by atoms with Crippen LogP contribution in [-0.2, 0) is 6.54 Å². The molecule has 1 N–H and O–H groups in total. The highest BCUT2D eigenvalue weighted by atomic mass is 16.5. The van der Waals surface area contributed by atoms with Crippen molar-refractivity contribution < 1.29 is 13.9 Å². The van der Waals surface area contributed by atoms with Gasteiger partial charge in [-0.25, -0.2) is 4.68 Å². The van der Waals surface area contributed by atoms with E-state index in [4.69, 9.17) is 9.15 Å². The van der Waals surface area contributed by atoms with Crippen LogP contribution in [0, 0.1) is 0 Å². The molecule has 0 aliphatic rings. The Morgan fingerprint density at radius 1 is 1.14 bits per heavy atom. The van der Waals surface area contributed by atoms with Gasteiger partial charge in [-0.15, -0.1) is 5.10 Å². The number of nitrogens with one attached hydrogen (secondary N) is 1. The predicted octanol–water partition coefficient (Wildman–Crippen LogP) is 3.25. The van der Waals surface area contributed by atoms with Gasteiger partial charge in [0.05, 0.1) is 25.1 Å². The average Bonchev–Trinajstić information content (AvgIpc) is 3.43. The van der Waals surface area contributed by atoms with E-state index in [1.165, 1.54) is 0 Å². The van der Waals surface area contributed by atoms with Gasteiger partial charge in [-0.1, -0.05) is 5.21 Å². The minimum absolute atomic E-state index is 0.219. The molecule has 146 valence electrons. The number of rotatable bonds is 7. The molecule has 0 aliphatic heterocycles. The topological polar surface area (TPSA) is 95.1 Å². The maximum Gasteiger partial charge on any atom is 0.274 e. The number of ether oxygens (including phenoxy) is 1. The summed E-state index contributed by atoms with van der Waals surface area (Å²) in [5.41, 5.74) is 2.34. The quantitative estimate of drug-likeness (QED) is 0.521. The van der Waals surface area contributed by atoms with Crippen molar-refractivity contribution in [2.24, 2.45) is 0 Å². The summed E-state index contributed by atoms with van der Waals surface area (Å²) in [6, 6.07) is 14.6. The van der Waals surface area contributed by atoms with Crippen LogP contribution in [0.2, 0.25) is 0 Å². The number of hydrogen-bond acceptors (Lipinski definition) is 6. The SMILES string of the molecule is CCOc1ccc(-n2nnc(C(=O)NCc3ccco3)c2-c2ccncc2)cc1. The molecule has 1 amide bonds. The summed E-state index contributed by atoms with van der Waals surface area (Å²) < 4.78 is 12.4. The Morgan fingerprint density at radius 3 is 2.62 bits per heavy atom. The first-order valence-electron chi connectivity index (χ1n) is 9.16. The maximum atomic E-state index is 12.8. The lowest BCUT2D eigenvalue weighted by Crippen LogP contribution is -2.23. The van der Waals surface area contributed by atoms with Crippen LogP contribution in [-0.4, -0.2) is 32.5 Å². The van der Waals surface area contributed by atoms with Gasteiger partial charge in [0.15, 0.2) is 5.69 Å². The molecule has 0 unspecified atom stereocenters. The van der Waals surface area contributed by atoms with Crippen LogP contribution in [0.4, 0.5) is 0 Å².